The van der Waals surface area contributed by atoms with E-state index < -0.39 is 11.2 Å². The number of benzene rings is 1. The monoisotopic (exact) mass is 300 g/mol. The van der Waals surface area contributed by atoms with E-state index in [4.69, 9.17) is 0 Å². The van der Waals surface area contributed by atoms with Crippen LogP contribution in [0.15, 0.2) is 24.4 Å². The van der Waals surface area contributed by atoms with Crippen molar-refractivity contribution in [1.82, 2.24) is 10.3 Å². The van der Waals surface area contributed by atoms with E-state index in [1.807, 2.05) is 32.0 Å². The predicted octanol–water partition coefficient (Wildman–Crippen LogP) is 4.09. The van der Waals surface area contributed by atoms with Crippen LogP contribution in [0.1, 0.15) is 32.6 Å². The minimum absolute atomic E-state index is 0.273. The smallest absolute Gasteiger partial charge is 0.309 e. The van der Waals surface area contributed by atoms with Crippen molar-refractivity contribution in [2.75, 3.05) is 7.05 Å². The second-order valence-electron chi connectivity index (χ2n) is 4.59. The third-order valence-corrected chi connectivity index (χ3v) is 4.28. The highest BCUT2D eigenvalue weighted by atomic mass is 32.1. The highest BCUT2D eigenvalue weighted by Gasteiger charge is 2.35. The van der Waals surface area contributed by atoms with Crippen molar-refractivity contribution < 1.29 is 13.2 Å². The second-order valence-corrected chi connectivity index (χ2v) is 5.65. The molecule has 0 fully saturated rings. The number of aryl methyl sites for hydroxylation is 2. The number of hydrogen-bond acceptors (Lipinski definition) is 3. The summed E-state index contributed by atoms with van der Waals surface area (Å²) in [6.45, 7) is 3.91. The molecule has 0 spiro atoms. The van der Waals surface area contributed by atoms with Crippen molar-refractivity contribution >= 4 is 11.3 Å². The normalized spacial score (nSPS) is 13.5. The third kappa shape index (κ3) is 2.86. The molecular weight excluding hydrogens is 285 g/mol. The minimum atomic E-state index is -4.39. The third-order valence-electron chi connectivity index (χ3n) is 3.17. The van der Waals surface area contributed by atoms with E-state index in [0.29, 0.717) is 16.2 Å². The molecule has 1 unspecified atom stereocenters. The topological polar surface area (TPSA) is 24.9 Å². The van der Waals surface area contributed by atoms with Crippen LogP contribution >= 0.6 is 11.3 Å². The van der Waals surface area contributed by atoms with Crippen LogP contribution < -0.4 is 5.32 Å². The number of rotatable bonds is 3. The van der Waals surface area contributed by atoms with Gasteiger partial charge in [0.15, 0.2) is 5.01 Å². The van der Waals surface area contributed by atoms with Gasteiger partial charge in [0.1, 0.15) is 0 Å². The molecule has 2 aromatic rings. The maximum absolute atomic E-state index is 12.7. The fourth-order valence-electron chi connectivity index (χ4n) is 2.26. The fraction of sp³-hybridized carbons (Fsp3) is 0.357. The lowest BCUT2D eigenvalue weighted by atomic mass is 9.95. The van der Waals surface area contributed by atoms with Crippen LogP contribution in [-0.4, -0.2) is 12.0 Å². The molecule has 1 atom stereocenters. The number of hydrogen-bond donors (Lipinski definition) is 1. The van der Waals surface area contributed by atoms with Gasteiger partial charge in [-0.05, 0) is 37.6 Å². The summed E-state index contributed by atoms with van der Waals surface area (Å²) in [5.41, 5.74) is 3.10. The lowest BCUT2D eigenvalue weighted by Gasteiger charge is -2.19. The van der Waals surface area contributed by atoms with E-state index >= 15 is 0 Å². The predicted molar refractivity (Wildman–Crippen MR) is 73.9 cm³/mol. The van der Waals surface area contributed by atoms with Gasteiger partial charge in [0.05, 0.1) is 6.04 Å². The first-order valence-corrected chi connectivity index (χ1v) is 6.92. The number of halogens is 3. The number of thiazole rings is 1. The van der Waals surface area contributed by atoms with E-state index in [1.54, 1.807) is 7.05 Å². The Morgan fingerprint density at radius 2 is 1.80 bits per heavy atom. The Hall–Kier alpha value is -1.40. The summed E-state index contributed by atoms with van der Waals surface area (Å²) in [5, 5.41) is 2.28. The van der Waals surface area contributed by atoms with Gasteiger partial charge in [-0.25, -0.2) is 4.98 Å². The molecule has 108 valence electrons. The molecule has 1 heterocycles. The van der Waals surface area contributed by atoms with Crippen LogP contribution in [0.2, 0.25) is 0 Å². The van der Waals surface area contributed by atoms with E-state index in [-0.39, 0.29) is 6.04 Å². The van der Waals surface area contributed by atoms with E-state index in [2.05, 4.69) is 10.3 Å². The molecule has 0 saturated heterocycles. The maximum atomic E-state index is 12.7. The van der Waals surface area contributed by atoms with E-state index in [0.717, 1.165) is 16.7 Å². The summed E-state index contributed by atoms with van der Waals surface area (Å²) in [7, 11) is 1.74. The molecule has 0 amide bonds. The Morgan fingerprint density at radius 3 is 2.25 bits per heavy atom. The molecule has 6 heteroatoms. The molecule has 0 bridgehead atoms. The lowest BCUT2D eigenvalue weighted by molar-refractivity contribution is -0.137. The van der Waals surface area contributed by atoms with Gasteiger partial charge in [-0.3, -0.25) is 0 Å². The lowest BCUT2D eigenvalue weighted by Crippen LogP contribution is -2.18. The highest BCUT2D eigenvalue weighted by Crippen LogP contribution is 2.37. The summed E-state index contributed by atoms with van der Waals surface area (Å²) >= 11 is 0.686. The van der Waals surface area contributed by atoms with E-state index in [1.165, 1.54) is 6.20 Å². The molecule has 2 rings (SSSR count). The number of aromatic nitrogens is 1. The maximum Gasteiger partial charge on any atom is 0.443 e. The van der Waals surface area contributed by atoms with Gasteiger partial charge < -0.3 is 5.32 Å². The van der Waals surface area contributed by atoms with Crippen molar-refractivity contribution in [3.63, 3.8) is 0 Å². The zero-order valence-electron chi connectivity index (χ0n) is 11.4. The van der Waals surface area contributed by atoms with Crippen LogP contribution in [0.5, 0.6) is 0 Å². The zero-order valence-corrected chi connectivity index (χ0v) is 12.2. The highest BCUT2D eigenvalue weighted by molar-refractivity contribution is 7.11. The standard InChI is InChI=1S/C14H15F3N2S/c1-8-5-4-6-9(2)11(8)12(18-3)10-7-19-13(20-10)14(15,16)17/h4-7,12,18H,1-3H3. The Bertz CT molecular complexity index is 584. The second kappa shape index (κ2) is 5.54. The molecule has 1 aromatic carbocycles. The van der Waals surface area contributed by atoms with Gasteiger partial charge >= 0.3 is 6.18 Å². The van der Waals surface area contributed by atoms with E-state index in [9.17, 15) is 13.2 Å². The Kier molecular flexibility index (Phi) is 4.15. The van der Waals surface area contributed by atoms with Gasteiger partial charge in [-0.15, -0.1) is 11.3 Å². The summed E-state index contributed by atoms with van der Waals surface area (Å²) in [4.78, 5) is 4.06. The van der Waals surface area contributed by atoms with Crippen molar-refractivity contribution in [2.24, 2.45) is 0 Å². The number of nitrogens with zero attached hydrogens (tertiary/aromatic N) is 1. The summed E-state index contributed by atoms with van der Waals surface area (Å²) in [6.07, 6.45) is -3.08. The van der Waals surface area contributed by atoms with Crippen molar-refractivity contribution in [1.29, 1.82) is 0 Å². The quantitative estimate of drug-likeness (QED) is 0.923. The van der Waals surface area contributed by atoms with Gasteiger partial charge in [0.2, 0.25) is 0 Å². The molecule has 0 radical (unpaired) electrons. The van der Waals surface area contributed by atoms with Crippen LogP contribution in [0, 0.1) is 13.8 Å². The average Bonchev–Trinajstić information content (AvgIpc) is 2.83. The summed E-state index contributed by atoms with van der Waals surface area (Å²) in [5.74, 6) is 0. The Balaban J connectivity index is 2.45. The molecule has 1 N–H and O–H groups in total. The molecule has 0 aliphatic carbocycles. The van der Waals surface area contributed by atoms with Crippen molar-refractivity contribution in [3.05, 3.63) is 51.0 Å². The SMILES string of the molecule is CNC(c1cnc(C(F)(F)F)s1)c1c(C)cccc1C. The largest absolute Gasteiger partial charge is 0.443 e. The van der Waals surface area contributed by atoms with Crippen LogP contribution in [-0.2, 0) is 6.18 Å². The van der Waals surface area contributed by atoms with Gasteiger partial charge in [0, 0.05) is 11.1 Å². The fourth-order valence-corrected chi connectivity index (χ4v) is 3.17. The first-order chi connectivity index (χ1) is 9.34. The minimum Gasteiger partial charge on any atom is -0.309 e. The first kappa shape index (κ1) is 15.0. The van der Waals surface area contributed by atoms with Gasteiger partial charge in [-0.1, -0.05) is 18.2 Å². The molecule has 1 aromatic heterocycles. The Morgan fingerprint density at radius 1 is 1.20 bits per heavy atom. The Labute approximate surface area is 119 Å². The average molecular weight is 300 g/mol. The first-order valence-electron chi connectivity index (χ1n) is 6.11. The van der Waals surface area contributed by atoms with Crippen LogP contribution in [0.3, 0.4) is 0 Å². The molecule has 0 aliphatic heterocycles. The van der Waals surface area contributed by atoms with Crippen LogP contribution in [0.4, 0.5) is 13.2 Å². The van der Waals surface area contributed by atoms with Gasteiger partial charge in [-0.2, -0.15) is 13.2 Å². The molecule has 2 nitrogen and oxygen atoms in total. The summed E-state index contributed by atoms with van der Waals surface area (Å²) in [6, 6.07) is 5.58. The van der Waals surface area contributed by atoms with Crippen molar-refractivity contribution in [2.45, 2.75) is 26.1 Å². The molecule has 0 saturated carbocycles. The number of alkyl halides is 3. The molecule has 0 aliphatic rings. The number of nitrogens with one attached hydrogen (secondary N) is 1. The molecular formula is C14H15F3N2S. The van der Waals surface area contributed by atoms with Crippen molar-refractivity contribution in [3.8, 4) is 0 Å². The summed E-state index contributed by atoms with van der Waals surface area (Å²) < 4.78 is 38.0. The molecule has 20 heavy (non-hydrogen) atoms. The van der Waals surface area contributed by atoms with Gasteiger partial charge in [0.25, 0.3) is 0 Å². The zero-order chi connectivity index (χ0) is 14.9. The van der Waals surface area contributed by atoms with Crippen LogP contribution in [0.25, 0.3) is 0 Å².